The van der Waals surface area contributed by atoms with E-state index in [4.69, 9.17) is 0 Å². The Labute approximate surface area is 167 Å². The van der Waals surface area contributed by atoms with E-state index in [2.05, 4.69) is 15.3 Å². The number of nitrogens with one attached hydrogen (secondary N) is 1. The van der Waals surface area contributed by atoms with E-state index in [1.165, 1.54) is 16.7 Å². The Kier molecular flexibility index (Phi) is 4.77. The molecular weight excluding hydrogens is 372 g/mol. The number of nitrogens with zero attached hydrogens (tertiary/aromatic N) is 3. The number of carbonyl (C=O) groups excluding carboxylic acids is 2. The average Bonchev–Trinajstić information content (AvgIpc) is 2.98. The zero-order chi connectivity index (χ0) is 19.8. The summed E-state index contributed by atoms with van der Waals surface area (Å²) in [4.78, 5) is 35.7. The predicted molar refractivity (Wildman–Crippen MR) is 113 cm³/mol. The fourth-order valence-corrected chi connectivity index (χ4v) is 3.96. The van der Waals surface area contributed by atoms with E-state index in [1.54, 1.807) is 6.92 Å². The molecule has 2 aliphatic heterocycles. The highest BCUT2D eigenvalue weighted by molar-refractivity contribution is 8.14. The Morgan fingerprint density at radius 2 is 2.00 bits per heavy atom. The molecule has 1 atom stereocenters. The molecule has 0 fully saturated rings. The number of aliphatic imine (C=N–C) groups is 2. The van der Waals surface area contributed by atoms with Crippen LogP contribution in [0.2, 0.25) is 0 Å². The molecule has 2 aliphatic rings. The van der Waals surface area contributed by atoms with Gasteiger partial charge in [-0.3, -0.25) is 14.6 Å². The second-order valence-electron chi connectivity index (χ2n) is 6.87. The maximum absolute atomic E-state index is 12.6. The number of fused-ring (bicyclic) bond motifs is 3. The van der Waals surface area contributed by atoms with Crippen molar-refractivity contribution in [3.8, 4) is 0 Å². The Morgan fingerprint density at radius 3 is 2.82 bits per heavy atom. The van der Waals surface area contributed by atoms with Gasteiger partial charge in [-0.05, 0) is 50.1 Å². The van der Waals surface area contributed by atoms with Crippen molar-refractivity contribution in [2.75, 3.05) is 11.1 Å². The topological polar surface area (TPSA) is 74.1 Å². The second kappa shape index (κ2) is 7.24. The summed E-state index contributed by atoms with van der Waals surface area (Å²) in [6.45, 7) is 5.71. The highest BCUT2D eigenvalue weighted by Gasteiger charge is 2.39. The van der Waals surface area contributed by atoms with Gasteiger partial charge in [0.1, 0.15) is 11.9 Å². The number of amidine groups is 2. The molecular formula is C21H20N4O2S. The molecule has 0 saturated carbocycles. The van der Waals surface area contributed by atoms with E-state index in [9.17, 15) is 9.59 Å². The maximum Gasteiger partial charge on any atom is 0.258 e. The van der Waals surface area contributed by atoms with Gasteiger partial charge >= 0.3 is 0 Å². The molecule has 0 radical (unpaired) electrons. The van der Waals surface area contributed by atoms with Gasteiger partial charge in [-0.15, -0.1) is 0 Å². The first-order valence-corrected chi connectivity index (χ1v) is 10.0. The number of para-hydroxylation sites is 1. The number of rotatable bonds is 3. The molecule has 0 spiro atoms. The summed E-state index contributed by atoms with van der Waals surface area (Å²) in [7, 11) is 0. The van der Waals surface area contributed by atoms with E-state index in [1.807, 2.05) is 56.3 Å². The number of aryl methyl sites for hydroxylation is 2. The van der Waals surface area contributed by atoms with Gasteiger partial charge in [-0.1, -0.05) is 36.0 Å². The standard InChI is InChI=1S/C21H20N4O2S/c1-12-8-9-13(2)17(10-12)23-18(26)11-28-21-24-16-7-5-4-6-15(16)19-22-14(3)20(27)25(19)21/h4-10,14H,11H2,1-3H3,(H,23,26)/t14-/m0/s1. The van der Waals surface area contributed by atoms with Crippen LogP contribution in [0.4, 0.5) is 11.4 Å². The Balaban J connectivity index is 1.53. The Bertz CT molecular complexity index is 1040. The molecule has 0 unspecified atom stereocenters. The summed E-state index contributed by atoms with van der Waals surface area (Å²) >= 11 is 1.24. The normalized spacial score (nSPS) is 17.6. The van der Waals surface area contributed by atoms with Crippen LogP contribution in [0.3, 0.4) is 0 Å². The van der Waals surface area contributed by atoms with Crippen LogP contribution in [0.5, 0.6) is 0 Å². The zero-order valence-electron chi connectivity index (χ0n) is 15.9. The summed E-state index contributed by atoms with van der Waals surface area (Å²) in [5.74, 6) is 0.504. The molecule has 2 amide bonds. The molecule has 6 nitrogen and oxygen atoms in total. The minimum Gasteiger partial charge on any atom is -0.325 e. The lowest BCUT2D eigenvalue weighted by Gasteiger charge is -2.25. The minimum absolute atomic E-state index is 0.120. The van der Waals surface area contributed by atoms with Crippen LogP contribution in [0.15, 0.2) is 52.4 Å². The predicted octanol–water partition coefficient (Wildman–Crippen LogP) is 3.65. The monoisotopic (exact) mass is 392 g/mol. The first-order valence-electron chi connectivity index (χ1n) is 9.04. The van der Waals surface area contributed by atoms with E-state index < -0.39 is 6.04 Å². The summed E-state index contributed by atoms with van der Waals surface area (Å²) in [5.41, 5.74) is 4.49. The Morgan fingerprint density at radius 1 is 1.21 bits per heavy atom. The number of amides is 2. The molecule has 2 heterocycles. The van der Waals surface area contributed by atoms with Gasteiger partial charge < -0.3 is 5.32 Å². The smallest absolute Gasteiger partial charge is 0.258 e. The fraction of sp³-hybridized carbons (Fsp3) is 0.238. The molecule has 0 aromatic heterocycles. The number of thioether (sulfide) groups is 1. The number of hydrogen-bond donors (Lipinski definition) is 1. The molecule has 0 bridgehead atoms. The first-order chi connectivity index (χ1) is 13.4. The number of benzene rings is 2. The van der Waals surface area contributed by atoms with Crippen molar-refractivity contribution in [1.29, 1.82) is 0 Å². The summed E-state index contributed by atoms with van der Waals surface area (Å²) in [6, 6.07) is 13.1. The van der Waals surface area contributed by atoms with Crippen LogP contribution < -0.4 is 5.32 Å². The number of carbonyl (C=O) groups is 2. The van der Waals surface area contributed by atoms with Crippen LogP contribution in [0.1, 0.15) is 23.6 Å². The lowest BCUT2D eigenvalue weighted by atomic mass is 10.1. The molecule has 4 rings (SSSR count). The van der Waals surface area contributed by atoms with Crippen LogP contribution in [-0.2, 0) is 9.59 Å². The Hall–Kier alpha value is -2.93. The first kappa shape index (κ1) is 18.4. The van der Waals surface area contributed by atoms with E-state index in [0.29, 0.717) is 11.0 Å². The quantitative estimate of drug-likeness (QED) is 0.866. The molecule has 7 heteroatoms. The van der Waals surface area contributed by atoms with Crippen LogP contribution >= 0.6 is 11.8 Å². The van der Waals surface area contributed by atoms with Gasteiger partial charge in [0.05, 0.1) is 11.4 Å². The largest absolute Gasteiger partial charge is 0.325 e. The van der Waals surface area contributed by atoms with Gasteiger partial charge in [0.25, 0.3) is 5.91 Å². The summed E-state index contributed by atoms with van der Waals surface area (Å²) in [5, 5.41) is 3.43. The molecule has 1 N–H and O–H groups in total. The van der Waals surface area contributed by atoms with Crippen LogP contribution in [-0.4, -0.2) is 39.5 Å². The number of anilines is 1. The molecule has 2 aromatic carbocycles. The molecule has 2 aromatic rings. The van der Waals surface area contributed by atoms with E-state index in [-0.39, 0.29) is 17.6 Å². The van der Waals surface area contributed by atoms with E-state index in [0.717, 1.165) is 28.1 Å². The van der Waals surface area contributed by atoms with Crippen LogP contribution in [0.25, 0.3) is 0 Å². The van der Waals surface area contributed by atoms with Gasteiger partial charge in [-0.2, -0.15) is 0 Å². The third-order valence-corrected chi connectivity index (χ3v) is 5.60. The summed E-state index contributed by atoms with van der Waals surface area (Å²) < 4.78 is 0. The third kappa shape index (κ3) is 3.33. The SMILES string of the molecule is Cc1ccc(C)c(NC(=O)CSC2=Nc3ccccc3C3=N[C@@H](C)C(=O)N23)c1. The van der Waals surface area contributed by atoms with Gasteiger partial charge in [0, 0.05) is 11.3 Å². The van der Waals surface area contributed by atoms with Gasteiger partial charge in [0.2, 0.25) is 5.91 Å². The van der Waals surface area contributed by atoms with Crippen molar-refractivity contribution < 1.29 is 9.59 Å². The second-order valence-corrected chi connectivity index (χ2v) is 7.81. The molecule has 28 heavy (non-hydrogen) atoms. The lowest BCUT2D eigenvalue weighted by molar-refractivity contribution is -0.124. The van der Waals surface area contributed by atoms with Crippen molar-refractivity contribution >= 4 is 46.0 Å². The minimum atomic E-state index is -0.448. The number of hydrogen-bond acceptors (Lipinski definition) is 5. The molecule has 0 saturated heterocycles. The van der Waals surface area contributed by atoms with Crippen molar-refractivity contribution in [1.82, 2.24) is 4.90 Å². The van der Waals surface area contributed by atoms with Gasteiger partial charge in [0.15, 0.2) is 5.17 Å². The maximum atomic E-state index is 12.6. The highest BCUT2D eigenvalue weighted by atomic mass is 32.2. The third-order valence-electron chi connectivity index (χ3n) is 4.66. The van der Waals surface area contributed by atoms with E-state index >= 15 is 0 Å². The van der Waals surface area contributed by atoms with Crippen molar-refractivity contribution in [3.63, 3.8) is 0 Å². The van der Waals surface area contributed by atoms with Crippen molar-refractivity contribution in [2.24, 2.45) is 9.98 Å². The fourth-order valence-electron chi connectivity index (χ4n) is 3.16. The molecule has 142 valence electrons. The molecule has 0 aliphatic carbocycles. The summed E-state index contributed by atoms with van der Waals surface area (Å²) in [6.07, 6.45) is 0. The lowest BCUT2D eigenvalue weighted by Crippen LogP contribution is -2.41. The van der Waals surface area contributed by atoms with Crippen molar-refractivity contribution in [3.05, 3.63) is 59.2 Å². The van der Waals surface area contributed by atoms with Gasteiger partial charge in [-0.25, -0.2) is 9.89 Å². The van der Waals surface area contributed by atoms with Crippen LogP contribution in [0, 0.1) is 13.8 Å². The highest BCUT2D eigenvalue weighted by Crippen LogP contribution is 2.33. The average molecular weight is 392 g/mol. The zero-order valence-corrected chi connectivity index (χ0v) is 16.7. The van der Waals surface area contributed by atoms with Crippen molar-refractivity contribution in [2.45, 2.75) is 26.8 Å².